The van der Waals surface area contributed by atoms with Gasteiger partial charge in [0, 0.05) is 13.0 Å². The van der Waals surface area contributed by atoms with E-state index in [2.05, 4.69) is 13.5 Å². The molecule has 8 fully saturated rings. The SMILES string of the molecule is C=C1C[C@@]23CC[C@@H]4C(C)(OC5OC(CO)C(O)C(O)C5O)CCC[C@@]4(C)[C@@H]2CC[C@]1(OC1OC(CO)C(O)C(OC(O)C(O)C(C(CO)OC)[C@@H](C)C2OC(CO)C(O)C(O)C2O)C1OC1OC(CO)C(O)C(O)C1O)C3. The zero-order chi connectivity index (χ0) is 56.4. The smallest absolute Gasteiger partial charge is 0.188 e. The van der Waals surface area contributed by atoms with Gasteiger partial charge in [0.25, 0.3) is 0 Å². The highest BCUT2D eigenvalue weighted by Gasteiger charge is 2.69. The van der Waals surface area contributed by atoms with Gasteiger partial charge in [-0.1, -0.05) is 26.8 Å². The molecule has 4 aliphatic heterocycles. The van der Waals surface area contributed by atoms with Crippen LogP contribution >= 0.6 is 0 Å². The Balaban J connectivity index is 1.08. The van der Waals surface area contributed by atoms with E-state index >= 15 is 0 Å². The third kappa shape index (κ3) is 11.0. The number of hydrogen-bond acceptors (Lipinski definition) is 26. The van der Waals surface area contributed by atoms with Crippen molar-refractivity contribution >= 4 is 0 Å². The molecule has 31 atom stereocenters. The summed E-state index contributed by atoms with van der Waals surface area (Å²) in [5, 5.41) is 184. The summed E-state index contributed by atoms with van der Waals surface area (Å²) in [4.78, 5) is 0. The summed E-state index contributed by atoms with van der Waals surface area (Å²) in [5.41, 5.74) is -2.12. The van der Waals surface area contributed by atoms with Crippen LogP contribution < -0.4 is 0 Å². The molecule has 446 valence electrons. The van der Waals surface area contributed by atoms with Gasteiger partial charge >= 0.3 is 0 Å². The Morgan fingerprint density at radius 3 is 1.71 bits per heavy atom. The molecule has 1 spiro atoms. The van der Waals surface area contributed by atoms with Crippen molar-refractivity contribution in [1.29, 1.82) is 0 Å². The van der Waals surface area contributed by atoms with E-state index in [-0.39, 0.29) is 17.3 Å². The number of methoxy groups -OCH3 is 1. The van der Waals surface area contributed by atoms with Crippen LogP contribution in [0.4, 0.5) is 0 Å². The van der Waals surface area contributed by atoms with Crippen LogP contribution in [0.3, 0.4) is 0 Å². The number of rotatable bonds is 19. The molecule has 2 bridgehead atoms. The lowest BCUT2D eigenvalue weighted by atomic mass is 9.42. The summed E-state index contributed by atoms with van der Waals surface area (Å²) in [5.74, 6) is -2.66. The van der Waals surface area contributed by atoms with Crippen LogP contribution in [0, 0.1) is 34.5 Å². The lowest BCUT2D eigenvalue weighted by molar-refractivity contribution is -0.391. The second-order valence-corrected chi connectivity index (χ2v) is 23.8. The average Bonchev–Trinajstić information content (AvgIpc) is 3.61. The van der Waals surface area contributed by atoms with Crippen molar-refractivity contribution in [2.75, 3.05) is 40.1 Å². The van der Waals surface area contributed by atoms with Crippen LogP contribution in [-0.2, 0) is 42.6 Å². The maximum atomic E-state index is 12.1. The highest BCUT2D eigenvalue weighted by molar-refractivity contribution is 5.30. The summed E-state index contributed by atoms with van der Waals surface area (Å²) in [6.07, 6.45) is -34.1. The molecule has 26 heteroatoms. The summed E-state index contributed by atoms with van der Waals surface area (Å²) in [6.45, 7) is 6.27. The molecule has 4 heterocycles. The zero-order valence-electron chi connectivity index (χ0n) is 44.0. The Bertz CT molecular complexity index is 1950. The molecule has 77 heavy (non-hydrogen) atoms. The number of aliphatic hydroxyl groups excluding tert-OH is 17. The third-order valence-electron chi connectivity index (χ3n) is 19.5. The van der Waals surface area contributed by atoms with Gasteiger partial charge in [0.2, 0.25) is 0 Å². The van der Waals surface area contributed by atoms with Crippen molar-refractivity contribution < 1.29 is 129 Å². The fourth-order valence-electron chi connectivity index (χ4n) is 15.5. The van der Waals surface area contributed by atoms with Gasteiger partial charge in [-0.15, -0.1) is 0 Å². The van der Waals surface area contributed by atoms with E-state index < -0.39 is 203 Å². The first-order valence-corrected chi connectivity index (χ1v) is 27.1. The monoisotopic (exact) mass is 1110 g/mol. The van der Waals surface area contributed by atoms with E-state index in [4.69, 9.17) is 42.6 Å². The molecule has 17 N–H and O–H groups in total. The van der Waals surface area contributed by atoms with E-state index in [0.29, 0.717) is 50.5 Å². The third-order valence-corrected chi connectivity index (χ3v) is 19.5. The van der Waals surface area contributed by atoms with E-state index in [1.165, 1.54) is 14.0 Å². The minimum Gasteiger partial charge on any atom is -0.394 e. The molecular weight excluding hydrogens is 1030 g/mol. The molecule has 4 aliphatic carbocycles. The molecule has 0 aromatic carbocycles. The maximum Gasteiger partial charge on any atom is 0.188 e. The van der Waals surface area contributed by atoms with Gasteiger partial charge in [-0.2, -0.15) is 0 Å². The normalized spacial score (nSPS) is 51.3. The first-order chi connectivity index (χ1) is 36.3. The molecule has 0 aromatic heterocycles. The van der Waals surface area contributed by atoms with Crippen LogP contribution in [0.25, 0.3) is 0 Å². The molecule has 25 unspecified atom stereocenters. The van der Waals surface area contributed by atoms with Gasteiger partial charge < -0.3 is 129 Å². The van der Waals surface area contributed by atoms with Crippen molar-refractivity contribution in [2.45, 2.75) is 231 Å². The Morgan fingerprint density at radius 2 is 1.13 bits per heavy atom. The van der Waals surface area contributed by atoms with Crippen LogP contribution in [0.15, 0.2) is 12.2 Å². The van der Waals surface area contributed by atoms with Gasteiger partial charge in [0.15, 0.2) is 25.2 Å². The largest absolute Gasteiger partial charge is 0.394 e. The van der Waals surface area contributed by atoms with Crippen molar-refractivity contribution in [3.63, 3.8) is 0 Å². The minimum atomic E-state index is -2.39. The minimum absolute atomic E-state index is 0.0593. The summed E-state index contributed by atoms with van der Waals surface area (Å²) in [6, 6.07) is 0. The molecule has 4 saturated carbocycles. The van der Waals surface area contributed by atoms with Gasteiger partial charge in [-0.05, 0) is 92.4 Å². The Hall–Kier alpha value is -1.30. The zero-order valence-corrected chi connectivity index (χ0v) is 44.0. The molecular formula is C51H86O26. The number of aliphatic hydroxyl groups is 17. The summed E-state index contributed by atoms with van der Waals surface area (Å²) < 4.78 is 55.3. The fourth-order valence-corrected chi connectivity index (χ4v) is 15.5. The standard InChI is InChI=1S/C51H86O26/c1-20-13-50-11-7-27-48(3,9-6-10-49(27,4)76-46-40(67)37(64)32(59)25(17-55)72-46)28(50)8-12-51(20,19-50)77-47-43(75-45-39(66)36(63)31(58)24(16-54)71-45)42(33(60)26(18-56)73-47)74-44(68)34(61)29(22(14-52)69-5)21(2)41-38(65)35(62)30(57)23(15-53)70-41/h21-47,52-68H,1,6-19H2,2-5H3/t21-,22?,23?,24?,25?,26?,27+,28+,29?,30?,31?,32?,33?,34?,35?,36?,37?,38?,39?,40?,41?,42?,43?,44?,45?,46?,47?,48-,49?,50-,51+/m1/s1. The van der Waals surface area contributed by atoms with Crippen LogP contribution in [0.1, 0.15) is 78.6 Å². The van der Waals surface area contributed by atoms with Crippen molar-refractivity contribution in [3.8, 4) is 0 Å². The highest BCUT2D eigenvalue weighted by atomic mass is 16.8. The van der Waals surface area contributed by atoms with Gasteiger partial charge in [0.05, 0.1) is 56.4 Å². The number of ether oxygens (including phenoxy) is 9. The van der Waals surface area contributed by atoms with E-state index in [0.717, 1.165) is 12.8 Å². The first-order valence-electron chi connectivity index (χ1n) is 27.1. The number of hydrogen-bond donors (Lipinski definition) is 17. The lowest BCUT2D eigenvalue weighted by Gasteiger charge is -2.65. The number of fused-ring (bicyclic) bond motifs is 3. The van der Waals surface area contributed by atoms with Crippen LogP contribution in [0.5, 0.6) is 0 Å². The predicted molar refractivity (Wildman–Crippen MR) is 257 cm³/mol. The molecule has 0 radical (unpaired) electrons. The van der Waals surface area contributed by atoms with Crippen LogP contribution in [-0.4, -0.2) is 279 Å². The maximum absolute atomic E-state index is 12.1. The molecule has 4 saturated heterocycles. The molecule has 8 aliphatic rings. The second-order valence-electron chi connectivity index (χ2n) is 23.8. The van der Waals surface area contributed by atoms with Crippen molar-refractivity contribution in [1.82, 2.24) is 0 Å². The summed E-state index contributed by atoms with van der Waals surface area (Å²) in [7, 11) is 1.18. The topological polar surface area (TPSA) is 427 Å². The van der Waals surface area contributed by atoms with E-state index in [1.807, 2.05) is 6.92 Å². The van der Waals surface area contributed by atoms with E-state index in [1.54, 1.807) is 0 Å². The lowest BCUT2D eigenvalue weighted by Crippen LogP contribution is -2.67. The van der Waals surface area contributed by atoms with Gasteiger partial charge in [-0.25, -0.2) is 0 Å². The van der Waals surface area contributed by atoms with Crippen molar-refractivity contribution in [3.05, 3.63) is 12.2 Å². The Kier molecular flexibility index (Phi) is 19.3. The quantitative estimate of drug-likeness (QED) is 0.0325. The van der Waals surface area contributed by atoms with E-state index in [9.17, 15) is 86.8 Å². The predicted octanol–water partition coefficient (Wildman–Crippen LogP) is -5.91. The second kappa shape index (κ2) is 24.1. The first kappa shape index (κ1) is 61.8. The van der Waals surface area contributed by atoms with Gasteiger partial charge in [-0.3, -0.25) is 0 Å². The molecule has 26 nitrogen and oxygen atoms in total. The van der Waals surface area contributed by atoms with Gasteiger partial charge in [0.1, 0.15) is 104 Å². The fraction of sp³-hybridized carbons (Fsp3) is 0.961. The molecule has 8 rings (SSSR count). The highest BCUT2D eigenvalue weighted by Crippen LogP contribution is 2.73. The summed E-state index contributed by atoms with van der Waals surface area (Å²) >= 11 is 0. The Morgan fingerprint density at radius 1 is 0.597 bits per heavy atom. The van der Waals surface area contributed by atoms with Crippen molar-refractivity contribution in [2.24, 2.45) is 34.5 Å². The molecule has 0 amide bonds. The Labute approximate surface area is 446 Å². The molecule has 0 aromatic rings. The average molecular weight is 1120 g/mol. The van der Waals surface area contributed by atoms with Crippen LogP contribution in [0.2, 0.25) is 0 Å².